The Morgan fingerprint density at radius 2 is 1.70 bits per heavy atom. The lowest BCUT2D eigenvalue weighted by atomic mass is 10.0. The standard InChI is InChI=1S/C19H27N4P.C10H13N.C2H6/c1-14-8-6-7-9-17(14)15(2)12-19(21-11-10-20-4)23-16(3)18(24-5)13-22-23;1-4-11-10-6-5-8(2)9(3)7-10;1-2/h6-9,12-13,20-21,24H,2,10-11H2,1,3-5H3;4-7,11H,1H2,2-3H3;1-2H3/b19-12-;;. The first kappa shape index (κ1) is 31.9. The van der Waals surface area contributed by atoms with Crippen molar-refractivity contribution in [1.29, 1.82) is 0 Å². The number of rotatable bonds is 10. The van der Waals surface area contributed by atoms with Gasteiger partial charge in [0.05, 0.1) is 11.9 Å². The van der Waals surface area contributed by atoms with Crippen LogP contribution in [0.4, 0.5) is 5.69 Å². The van der Waals surface area contributed by atoms with Crippen molar-refractivity contribution in [1.82, 2.24) is 20.4 Å². The first-order valence-corrected chi connectivity index (χ1v) is 14.3. The number of nitrogens with zero attached hydrogens (tertiary/aromatic N) is 2. The van der Waals surface area contributed by atoms with Crippen molar-refractivity contribution in [2.45, 2.75) is 41.5 Å². The third-order valence-electron chi connectivity index (χ3n) is 5.77. The maximum atomic E-state index is 4.57. The smallest absolute Gasteiger partial charge is 0.128 e. The second-order valence-corrected chi connectivity index (χ2v) is 9.39. The number of benzene rings is 2. The number of hydrogen-bond acceptors (Lipinski definition) is 4. The van der Waals surface area contributed by atoms with Gasteiger partial charge in [-0.25, -0.2) is 4.68 Å². The molecule has 0 spiro atoms. The van der Waals surface area contributed by atoms with Gasteiger partial charge in [0.25, 0.3) is 0 Å². The minimum atomic E-state index is 0.738. The number of aromatic nitrogens is 2. The molecule has 3 aromatic rings. The highest BCUT2D eigenvalue weighted by molar-refractivity contribution is 7.46. The molecule has 5 nitrogen and oxygen atoms in total. The van der Waals surface area contributed by atoms with Gasteiger partial charge in [-0.05, 0) is 93.6 Å². The molecule has 1 atom stereocenters. The van der Waals surface area contributed by atoms with Crippen LogP contribution >= 0.6 is 8.58 Å². The van der Waals surface area contributed by atoms with Gasteiger partial charge in [-0.1, -0.05) is 65.9 Å². The zero-order chi connectivity index (χ0) is 27.8. The summed E-state index contributed by atoms with van der Waals surface area (Å²) >= 11 is 0. The largest absolute Gasteiger partial charge is 0.369 e. The molecule has 1 unspecified atom stereocenters. The molecule has 0 aliphatic carbocycles. The van der Waals surface area contributed by atoms with Crippen molar-refractivity contribution < 1.29 is 0 Å². The monoisotopic (exact) mass is 519 g/mol. The molecule has 2 aromatic carbocycles. The van der Waals surface area contributed by atoms with Crippen molar-refractivity contribution in [3.63, 3.8) is 0 Å². The SMILES string of the molecule is C=C(/C=C(/NCCNC)n1ncc(PC)c1C)c1ccccc1C.C=CNc1ccc(C)c(C)c1.CC. The minimum absolute atomic E-state index is 0.738. The first-order chi connectivity index (χ1) is 17.8. The fourth-order valence-corrected chi connectivity index (χ4v) is 4.18. The summed E-state index contributed by atoms with van der Waals surface area (Å²) < 4.78 is 1.98. The highest BCUT2D eigenvalue weighted by Crippen LogP contribution is 2.21. The van der Waals surface area contributed by atoms with Gasteiger partial charge in [0.15, 0.2) is 0 Å². The second-order valence-electron chi connectivity index (χ2n) is 8.35. The van der Waals surface area contributed by atoms with Crippen LogP contribution in [0.15, 0.2) is 74.1 Å². The number of aryl methyl sites for hydroxylation is 3. The molecule has 3 rings (SSSR count). The Morgan fingerprint density at radius 1 is 1.00 bits per heavy atom. The van der Waals surface area contributed by atoms with E-state index in [9.17, 15) is 0 Å². The van der Waals surface area contributed by atoms with E-state index in [2.05, 4.69) is 98.9 Å². The lowest BCUT2D eigenvalue weighted by molar-refractivity contribution is 0.707. The maximum Gasteiger partial charge on any atom is 0.128 e. The third kappa shape index (κ3) is 10.0. The van der Waals surface area contributed by atoms with Crippen LogP contribution in [0.1, 0.15) is 41.8 Å². The molecule has 1 heterocycles. The zero-order valence-corrected chi connectivity index (χ0v) is 25.0. The lowest BCUT2D eigenvalue weighted by Gasteiger charge is -2.15. The normalized spacial score (nSPS) is 10.8. The van der Waals surface area contributed by atoms with Gasteiger partial charge >= 0.3 is 0 Å². The molecule has 0 bridgehead atoms. The summed E-state index contributed by atoms with van der Waals surface area (Å²) in [6, 6.07) is 14.6. The van der Waals surface area contributed by atoms with Crippen LogP contribution in [-0.2, 0) is 0 Å². The van der Waals surface area contributed by atoms with Crippen LogP contribution in [0.2, 0.25) is 0 Å². The average Bonchev–Trinajstić information content (AvgIpc) is 3.28. The number of likely N-dealkylation sites (N-methyl/N-ethyl adjacent to an activating group) is 1. The average molecular weight is 520 g/mol. The van der Waals surface area contributed by atoms with Crippen molar-refractivity contribution in [2.75, 3.05) is 32.1 Å². The Balaban J connectivity index is 0.000000439. The third-order valence-corrected chi connectivity index (χ3v) is 6.80. The predicted molar refractivity (Wildman–Crippen MR) is 168 cm³/mol. The second kappa shape index (κ2) is 17.3. The molecule has 200 valence electrons. The van der Waals surface area contributed by atoms with E-state index in [-0.39, 0.29) is 0 Å². The van der Waals surface area contributed by atoms with Crippen LogP contribution in [0.25, 0.3) is 11.4 Å². The van der Waals surface area contributed by atoms with Crippen LogP contribution in [0.5, 0.6) is 0 Å². The van der Waals surface area contributed by atoms with E-state index < -0.39 is 0 Å². The molecule has 0 fully saturated rings. The molecular formula is C31H46N5P. The Kier molecular flexibility index (Phi) is 14.9. The lowest BCUT2D eigenvalue weighted by Crippen LogP contribution is -2.27. The summed E-state index contributed by atoms with van der Waals surface area (Å²) in [5.41, 5.74) is 8.26. The summed E-state index contributed by atoms with van der Waals surface area (Å²) in [6.45, 7) is 24.2. The van der Waals surface area contributed by atoms with Crippen molar-refractivity contribution in [2.24, 2.45) is 0 Å². The topological polar surface area (TPSA) is 53.9 Å². The van der Waals surface area contributed by atoms with Crippen molar-refractivity contribution >= 4 is 31.0 Å². The van der Waals surface area contributed by atoms with E-state index in [1.54, 1.807) is 6.20 Å². The predicted octanol–water partition coefficient (Wildman–Crippen LogP) is 6.64. The highest BCUT2D eigenvalue weighted by atomic mass is 31.1. The van der Waals surface area contributed by atoms with E-state index >= 15 is 0 Å². The fraction of sp³-hybridized carbons (Fsp3) is 0.323. The summed E-state index contributed by atoms with van der Waals surface area (Å²) in [4.78, 5) is 0. The van der Waals surface area contributed by atoms with E-state index in [4.69, 9.17) is 0 Å². The van der Waals surface area contributed by atoms with E-state index in [1.807, 2.05) is 50.0 Å². The van der Waals surface area contributed by atoms with Crippen molar-refractivity contribution in [3.8, 4) is 0 Å². The summed E-state index contributed by atoms with van der Waals surface area (Å²) in [5, 5.41) is 15.5. The molecule has 0 radical (unpaired) electrons. The Bertz CT molecular complexity index is 1160. The molecular weight excluding hydrogens is 473 g/mol. The molecule has 3 N–H and O–H groups in total. The Morgan fingerprint density at radius 3 is 2.27 bits per heavy atom. The molecule has 37 heavy (non-hydrogen) atoms. The van der Waals surface area contributed by atoms with Gasteiger partial charge in [0.2, 0.25) is 0 Å². The summed E-state index contributed by atoms with van der Waals surface area (Å²) in [5.74, 6) is 0.959. The van der Waals surface area contributed by atoms with Gasteiger partial charge in [-0.3, -0.25) is 0 Å². The van der Waals surface area contributed by atoms with Gasteiger partial charge in [-0.15, -0.1) is 0 Å². The van der Waals surface area contributed by atoms with Crippen LogP contribution in [-0.4, -0.2) is 36.6 Å². The maximum absolute atomic E-state index is 4.57. The van der Waals surface area contributed by atoms with Crippen LogP contribution < -0.4 is 21.3 Å². The van der Waals surface area contributed by atoms with E-state index in [0.717, 1.165) is 44.3 Å². The van der Waals surface area contributed by atoms with Gasteiger partial charge < -0.3 is 16.0 Å². The van der Waals surface area contributed by atoms with E-state index in [1.165, 1.54) is 27.7 Å². The fourth-order valence-electron chi connectivity index (χ4n) is 3.53. The number of allylic oxidation sites excluding steroid dienone is 2. The zero-order valence-electron chi connectivity index (χ0n) is 24.0. The first-order valence-electron chi connectivity index (χ1n) is 12.8. The van der Waals surface area contributed by atoms with Crippen LogP contribution in [0, 0.1) is 27.7 Å². The quantitative estimate of drug-likeness (QED) is 0.160. The van der Waals surface area contributed by atoms with Crippen LogP contribution in [0.3, 0.4) is 0 Å². The Labute approximate surface area is 226 Å². The molecule has 0 aliphatic rings. The highest BCUT2D eigenvalue weighted by Gasteiger charge is 2.10. The molecule has 1 aromatic heterocycles. The molecule has 0 saturated carbocycles. The molecule has 0 aliphatic heterocycles. The van der Waals surface area contributed by atoms with Gasteiger partial charge in [-0.2, -0.15) is 5.10 Å². The number of nitrogens with one attached hydrogen (secondary N) is 3. The molecule has 0 amide bonds. The van der Waals surface area contributed by atoms with Crippen molar-refractivity contribution in [3.05, 3.63) is 102 Å². The van der Waals surface area contributed by atoms with E-state index in [0.29, 0.717) is 0 Å². The van der Waals surface area contributed by atoms with Gasteiger partial charge in [0, 0.05) is 24.1 Å². The number of hydrogen-bond donors (Lipinski definition) is 3. The summed E-state index contributed by atoms with van der Waals surface area (Å²) in [7, 11) is 2.69. The number of anilines is 1. The molecule has 6 heteroatoms. The Hall–Kier alpha value is -3.14. The van der Waals surface area contributed by atoms with Gasteiger partial charge in [0.1, 0.15) is 5.82 Å². The minimum Gasteiger partial charge on any atom is -0.369 e. The molecule has 0 saturated heterocycles. The summed E-state index contributed by atoms with van der Waals surface area (Å²) in [6.07, 6.45) is 5.72.